The van der Waals surface area contributed by atoms with Gasteiger partial charge in [-0.2, -0.15) is 0 Å². The second-order valence-corrected chi connectivity index (χ2v) is 5.92. The van der Waals surface area contributed by atoms with E-state index in [1.165, 1.54) is 6.92 Å². The van der Waals surface area contributed by atoms with Crippen molar-refractivity contribution in [3.05, 3.63) is 58.6 Å². The molecule has 0 unspecified atom stereocenters. The van der Waals surface area contributed by atoms with Crippen molar-refractivity contribution in [1.29, 1.82) is 0 Å². The summed E-state index contributed by atoms with van der Waals surface area (Å²) in [6.45, 7) is 1.27. The van der Waals surface area contributed by atoms with Gasteiger partial charge < -0.3 is 14.9 Å². The standard InChI is InChI=1S/C18H12ClN3O3/c1-9(23)25-22-16-10-5-2-3-8-13(10)20-17(16)14-11-6-4-7-12(19)15(11)21-18(14)24/h2-8,21,24H,1H3. The molecule has 0 bridgehead atoms. The zero-order chi connectivity index (χ0) is 17.6. The van der Waals surface area contributed by atoms with E-state index in [0.29, 0.717) is 38.6 Å². The number of H-pyrrole nitrogens is 1. The minimum absolute atomic E-state index is 0.0785. The Hall–Kier alpha value is -3.12. The van der Waals surface area contributed by atoms with E-state index in [0.717, 1.165) is 5.56 Å². The quantitative estimate of drug-likeness (QED) is 0.540. The molecule has 7 heteroatoms. The molecule has 0 saturated heterocycles. The Morgan fingerprint density at radius 1 is 1.24 bits per heavy atom. The molecule has 2 aromatic carbocycles. The average molecular weight is 354 g/mol. The highest BCUT2D eigenvalue weighted by Crippen LogP contribution is 2.37. The van der Waals surface area contributed by atoms with Gasteiger partial charge in [-0.05, 0) is 12.1 Å². The maximum absolute atomic E-state index is 11.2. The number of aliphatic imine (C=N–C) groups is 1. The van der Waals surface area contributed by atoms with Crippen molar-refractivity contribution in [3.63, 3.8) is 0 Å². The number of aromatic hydroxyl groups is 1. The number of carbonyl (C=O) groups is 1. The van der Waals surface area contributed by atoms with E-state index in [1.807, 2.05) is 30.3 Å². The van der Waals surface area contributed by atoms with Gasteiger partial charge in [0.1, 0.15) is 11.4 Å². The Balaban J connectivity index is 1.96. The third kappa shape index (κ3) is 2.47. The molecule has 25 heavy (non-hydrogen) atoms. The van der Waals surface area contributed by atoms with Gasteiger partial charge in [-0.3, -0.25) is 0 Å². The Morgan fingerprint density at radius 2 is 2.04 bits per heavy atom. The van der Waals surface area contributed by atoms with Gasteiger partial charge in [0.05, 0.1) is 21.8 Å². The van der Waals surface area contributed by atoms with Crippen LogP contribution in [0.3, 0.4) is 0 Å². The predicted octanol–water partition coefficient (Wildman–Crippen LogP) is 3.93. The molecule has 124 valence electrons. The van der Waals surface area contributed by atoms with Gasteiger partial charge in [-0.25, -0.2) is 9.79 Å². The van der Waals surface area contributed by atoms with Crippen LogP contribution < -0.4 is 0 Å². The number of hydrogen-bond donors (Lipinski definition) is 2. The maximum atomic E-state index is 11.2. The van der Waals surface area contributed by atoms with E-state index in [1.54, 1.807) is 12.1 Å². The first-order chi connectivity index (χ1) is 12.1. The summed E-state index contributed by atoms with van der Waals surface area (Å²) in [4.78, 5) is 23.5. The number of halogens is 1. The zero-order valence-electron chi connectivity index (χ0n) is 13.1. The molecule has 1 aliphatic heterocycles. The first-order valence-electron chi connectivity index (χ1n) is 7.50. The minimum atomic E-state index is -0.539. The lowest BCUT2D eigenvalue weighted by Crippen LogP contribution is -2.14. The number of nitrogens with zero attached hydrogens (tertiary/aromatic N) is 2. The van der Waals surface area contributed by atoms with E-state index in [-0.39, 0.29) is 5.88 Å². The summed E-state index contributed by atoms with van der Waals surface area (Å²) < 4.78 is 0. The highest BCUT2D eigenvalue weighted by molar-refractivity contribution is 6.58. The number of hydrogen-bond acceptors (Lipinski definition) is 5. The first kappa shape index (κ1) is 15.4. The van der Waals surface area contributed by atoms with Gasteiger partial charge in [0.25, 0.3) is 0 Å². The van der Waals surface area contributed by atoms with Gasteiger partial charge in [0.15, 0.2) is 5.88 Å². The van der Waals surface area contributed by atoms with Crippen LogP contribution in [0.2, 0.25) is 5.02 Å². The summed E-state index contributed by atoms with van der Waals surface area (Å²) in [5.74, 6) is -0.618. The zero-order valence-corrected chi connectivity index (χ0v) is 13.8. The number of carbonyl (C=O) groups excluding carboxylic acids is 1. The smallest absolute Gasteiger partial charge is 0.332 e. The lowest BCUT2D eigenvalue weighted by atomic mass is 10.0. The fourth-order valence-electron chi connectivity index (χ4n) is 2.86. The molecule has 0 amide bonds. The van der Waals surface area contributed by atoms with E-state index in [9.17, 15) is 9.90 Å². The van der Waals surface area contributed by atoms with Crippen LogP contribution in [-0.4, -0.2) is 27.5 Å². The number of fused-ring (bicyclic) bond motifs is 2. The SMILES string of the molecule is CC(=O)ON=C1C(c2c(O)[nH]c3c(Cl)cccc23)=Nc2ccccc21. The predicted molar refractivity (Wildman–Crippen MR) is 95.9 cm³/mol. The molecule has 0 aliphatic carbocycles. The molecule has 2 heterocycles. The van der Waals surface area contributed by atoms with Crippen molar-refractivity contribution in [3.8, 4) is 5.88 Å². The van der Waals surface area contributed by atoms with Gasteiger partial charge in [-0.15, -0.1) is 0 Å². The van der Waals surface area contributed by atoms with Gasteiger partial charge in [0, 0.05) is 17.9 Å². The van der Waals surface area contributed by atoms with Crippen molar-refractivity contribution in [2.75, 3.05) is 0 Å². The molecule has 4 rings (SSSR count). The van der Waals surface area contributed by atoms with E-state index < -0.39 is 5.97 Å². The van der Waals surface area contributed by atoms with Crippen LogP contribution in [0.25, 0.3) is 10.9 Å². The highest BCUT2D eigenvalue weighted by Gasteiger charge is 2.29. The second kappa shape index (κ2) is 5.75. The maximum Gasteiger partial charge on any atom is 0.332 e. The van der Waals surface area contributed by atoms with Gasteiger partial charge >= 0.3 is 5.97 Å². The molecular formula is C18H12ClN3O3. The normalized spacial score (nSPS) is 14.6. The molecule has 1 aromatic heterocycles. The van der Waals surface area contributed by atoms with Gasteiger partial charge in [-0.1, -0.05) is 47.1 Å². The number of aromatic nitrogens is 1. The monoisotopic (exact) mass is 353 g/mol. The summed E-state index contributed by atoms with van der Waals surface area (Å²) in [6, 6.07) is 12.7. The van der Waals surface area contributed by atoms with Crippen molar-refractivity contribution >= 4 is 45.6 Å². The number of oxime groups is 1. The first-order valence-corrected chi connectivity index (χ1v) is 7.87. The molecule has 0 saturated carbocycles. The van der Waals surface area contributed by atoms with Crippen LogP contribution in [-0.2, 0) is 9.63 Å². The van der Waals surface area contributed by atoms with Gasteiger partial charge in [0.2, 0.25) is 0 Å². The summed E-state index contributed by atoms with van der Waals surface area (Å²) >= 11 is 6.20. The molecule has 1 aliphatic rings. The Kier molecular flexibility index (Phi) is 3.54. The van der Waals surface area contributed by atoms with Crippen molar-refractivity contribution in [2.24, 2.45) is 10.1 Å². The molecule has 0 atom stereocenters. The number of para-hydroxylation sites is 2. The van der Waals surface area contributed by atoms with Crippen LogP contribution >= 0.6 is 11.6 Å². The van der Waals surface area contributed by atoms with Crippen molar-refractivity contribution in [1.82, 2.24) is 4.98 Å². The number of benzene rings is 2. The highest BCUT2D eigenvalue weighted by atomic mass is 35.5. The Labute approximate surface area is 147 Å². The number of nitrogens with one attached hydrogen (secondary N) is 1. The average Bonchev–Trinajstić information content (AvgIpc) is 3.10. The Morgan fingerprint density at radius 3 is 2.84 bits per heavy atom. The summed E-state index contributed by atoms with van der Waals surface area (Å²) in [5, 5.41) is 15.6. The molecule has 3 aromatic rings. The van der Waals surface area contributed by atoms with E-state index >= 15 is 0 Å². The van der Waals surface area contributed by atoms with Crippen LogP contribution in [0.5, 0.6) is 5.88 Å². The fourth-order valence-corrected chi connectivity index (χ4v) is 3.08. The largest absolute Gasteiger partial charge is 0.494 e. The third-order valence-corrected chi connectivity index (χ3v) is 4.20. The lowest BCUT2D eigenvalue weighted by Gasteiger charge is -2.03. The van der Waals surface area contributed by atoms with Crippen LogP contribution in [0, 0.1) is 0 Å². The molecule has 2 N–H and O–H groups in total. The van der Waals surface area contributed by atoms with E-state index in [2.05, 4.69) is 15.1 Å². The summed E-state index contributed by atoms with van der Waals surface area (Å²) in [7, 11) is 0. The van der Waals surface area contributed by atoms with E-state index in [4.69, 9.17) is 16.4 Å². The lowest BCUT2D eigenvalue weighted by molar-refractivity contribution is -0.140. The second-order valence-electron chi connectivity index (χ2n) is 5.51. The Bertz CT molecular complexity index is 1080. The third-order valence-electron chi connectivity index (χ3n) is 3.88. The van der Waals surface area contributed by atoms with Crippen LogP contribution in [0.15, 0.2) is 52.6 Å². The topological polar surface area (TPSA) is 87.0 Å². The molecule has 0 fully saturated rings. The molecule has 0 radical (unpaired) electrons. The van der Waals surface area contributed by atoms with Crippen LogP contribution in [0.1, 0.15) is 18.1 Å². The summed E-state index contributed by atoms with van der Waals surface area (Å²) in [5.41, 5.74) is 3.24. The molecule has 6 nitrogen and oxygen atoms in total. The molecule has 0 spiro atoms. The van der Waals surface area contributed by atoms with Crippen molar-refractivity contribution < 1.29 is 14.7 Å². The summed E-state index contributed by atoms with van der Waals surface area (Å²) in [6.07, 6.45) is 0. The number of rotatable bonds is 2. The molecular weight excluding hydrogens is 342 g/mol. The number of aromatic amines is 1. The minimum Gasteiger partial charge on any atom is -0.494 e. The van der Waals surface area contributed by atoms with Crippen LogP contribution in [0.4, 0.5) is 5.69 Å². The van der Waals surface area contributed by atoms with Crippen molar-refractivity contribution in [2.45, 2.75) is 6.92 Å². The fraction of sp³-hybridized carbons (Fsp3) is 0.0556.